The lowest BCUT2D eigenvalue weighted by Gasteiger charge is -2.27. The Bertz CT molecular complexity index is 444. The molecular formula is C16H23NO2. The SMILES string of the molecule is CCC(C)C(N)C(=O)CC1CCOc2ccccc21. The van der Waals surface area contributed by atoms with Gasteiger partial charge >= 0.3 is 0 Å². The number of hydrogen-bond acceptors (Lipinski definition) is 3. The standard InChI is InChI=1S/C16H23NO2/c1-3-11(2)16(17)14(18)10-12-8-9-19-15-7-5-4-6-13(12)15/h4-7,11-12,16H,3,8-10,17H2,1-2H3. The highest BCUT2D eigenvalue weighted by Gasteiger charge is 2.27. The molecule has 0 saturated carbocycles. The number of benzene rings is 1. The van der Waals surface area contributed by atoms with E-state index in [4.69, 9.17) is 10.5 Å². The van der Waals surface area contributed by atoms with Gasteiger partial charge < -0.3 is 10.5 Å². The molecule has 104 valence electrons. The summed E-state index contributed by atoms with van der Waals surface area (Å²) in [5, 5.41) is 0. The van der Waals surface area contributed by atoms with Gasteiger partial charge in [-0.15, -0.1) is 0 Å². The highest BCUT2D eigenvalue weighted by molar-refractivity contribution is 5.85. The lowest BCUT2D eigenvalue weighted by atomic mass is 9.85. The number of ether oxygens (including phenoxy) is 1. The molecule has 1 aliphatic rings. The second kappa shape index (κ2) is 6.20. The summed E-state index contributed by atoms with van der Waals surface area (Å²) in [6.07, 6.45) is 2.37. The van der Waals surface area contributed by atoms with Gasteiger partial charge in [-0.3, -0.25) is 4.79 Å². The number of carbonyl (C=O) groups is 1. The maximum absolute atomic E-state index is 12.3. The van der Waals surface area contributed by atoms with Crippen LogP contribution in [0.4, 0.5) is 0 Å². The van der Waals surface area contributed by atoms with E-state index in [0.29, 0.717) is 13.0 Å². The second-order valence-corrected chi connectivity index (χ2v) is 5.45. The summed E-state index contributed by atoms with van der Waals surface area (Å²) in [5.74, 6) is 1.61. The Labute approximate surface area is 115 Å². The van der Waals surface area contributed by atoms with Crippen molar-refractivity contribution in [2.24, 2.45) is 11.7 Å². The number of Topliss-reactive ketones (excluding diaryl/α,β-unsaturated/α-hetero) is 1. The first-order valence-electron chi connectivity index (χ1n) is 7.13. The summed E-state index contributed by atoms with van der Waals surface area (Å²) in [6.45, 7) is 4.80. The van der Waals surface area contributed by atoms with Crippen molar-refractivity contribution < 1.29 is 9.53 Å². The van der Waals surface area contributed by atoms with Crippen LogP contribution in [-0.2, 0) is 4.79 Å². The van der Waals surface area contributed by atoms with Crippen molar-refractivity contribution in [1.82, 2.24) is 0 Å². The van der Waals surface area contributed by atoms with Gasteiger partial charge in [0.05, 0.1) is 12.6 Å². The van der Waals surface area contributed by atoms with Gasteiger partial charge in [-0.25, -0.2) is 0 Å². The Morgan fingerprint density at radius 1 is 1.47 bits per heavy atom. The number of nitrogens with two attached hydrogens (primary N) is 1. The minimum absolute atomic E-state index is 0.177. The van der Waals surface area contributed by atoms with E-state index in [9.17, 15) is 4.79 Å². The van der Waals surface area contributed by atoms with Gasteiger partial charge in [-0.2, -0.15) is 0 Å². The monoisotopic (exact) mass is 261 g/mol. The average molecular weight is 261 g/mol. The fourth-order valence-electron chi connectivity index (χ4n) is 2.58. The Balaban J connectivity index is 2.06. The van der Waals surface area contributed by atoms with Gasteiger partial charge in [-0.1, -0.05) is 38.5 Å². The minimum atomic E-state index is -0.333. The molecule has 1 heterocycles. The topological polar surface area (TPSA) is 52.3 Å². The third kappa shape index (κ3) is 3.16. The maximum atomic E-state index is 12.3. The van der Waals surface area contributed by atoms with Crippen LogP contribution in [-0.4, -0.2) is 18.4 Å². The van der Waals surface area contributed by atoms with Crippen LogP contribution in [0.3, 0.4) is 0 Å². The number of rotatable bonds is 5. The maximum Gasteiger partial charge on any atom is 0.150 e. The van der Waals surface area contributed by atoms with Crippen LogP contribution in [0, 0.1) is 5.92 Å². The molecule has 1 aromatic rings. The van der Waals surface area contributed by atoms with E-state index in [-0.39, 0.29) is 23.7 Å². The van der Waals surface area contributed by atoms with Gasteiger partial charge in [0.2, 0.25) is 0 Å². The zero-order chi connectivity index (χ0) is 13.8. The molecule has 1 aromatic carbocycles. The number of fused-ring (bicyclic) bond motifs is 1. The molecule has 2 rings (SSSR count). The summed E-state index contributed by atoms with van der Waals surface area (Å²) in [7, 11) is 0. The quantitative estimate of drug-likeness (QED) is 0.886. The summed E-state index contributed by atoms with van der Waals surface area (Å²) in [4.78, 5) is 12.3. The molecule has 0 spiro atoms. The van der Waals surface area contributed by atoms with Crippen LogP contribution < -0.4 is 10.5 Å². The molecule has 0 amide bonds. The molecule has 0 fully saturated rings. The molecule has 19 heavy (non-hydrogen) atoms. The summed E-state index contributed by atoms with van der Waals surface area (Å²) < 4.78 is 5.62. The van der Waals surface area contributed by atoms with Crippen molar-refractivity contribution in [3.05, 3.63) is 29.8 Å². The smallest absolute Gasteiger partial charge is 0.150 e. The van der Waals surface area contributed by atoms with Crippen molar-refractivity contribution in [3.8, 4) is 5.75 Å². The lowest BCUT2D eigenvalue weighted by Crippen LogP contribution is -2.37. The van der Waals surface area contributed by atoms with Crippen LogP contribution in [0.1, 0.15) is 44.6 Å². The van der Waals surface area contributed by atoms with Gasteiger partial charge in [-0.05, 0) is 29.9 Å². The van der Waals surface area contributed by atoms with Crippen LogP contribution in [0.5, 0.6) is 5.75 Å². The average Bonchev–Trinajstić information content (AvgIpc) is 2.46. The van der Waals surface area contributed by atoms with Gasteiger partial charge in [0.1, 0.15) is 11.5 Å². The molecule has 1 aliphatic heterocycles. The first-order valence-corrected chi connectivity index (χ1v) is 7.13. The largest absolute Gasteiger partial charge is 0.493 e. The second-order valence-electron chi connectivity index (χ2n) is 5.45. The lowest BCUT2D eigenvalue weighted by molar-refractivity contribution is -0.121. The first kappa shape index (κ1) is 14.1. The van der Waals surface area contributed by atoms with E-state index in [1.54, 1.807) is 0 Å². The predicted octanol–water partition coefficient (Wildman–Crippen LogP) is 2.89. The fourth-order valence-corrected chi connectivity index (χ4v) is 2.58. The highest BCUT2D eigenvalue weighted by atomic mass is 16.5. The van der Waals surface area contributed by atoms with Crippen molar-refractivity contribution in [1.29, 1.82) is 0 Å². The van der Waals surface area contributed by atoms with E-state index in [2.05, 4.69) is 13.0 Å². The molecule has 0 radical (unpaired) electrons. The number of ketones is 1. The van der Waals surface area contributed by atoms with E-state index in [1.165, 1.54) is 0 Å². The molecule has 2 N–H and O–H groups in total. The zero-order valence-corrected chi connectivity index (χ0v) is 11.8. The van der Waals surface area contributed by atoms with Crippen molar-refractivity contribution in [3.63, 3.8) is 0 Å². The van der Waals surface area contributed by atoms with Crippen LogP contribution in [0.2, 0.25) is 0 Å². The van der Waals surface area contributed by atoms with Crippen molar-refractivity contribution in [2.45, 2.75) is 45.1 Å². The van der Waals surface area contributed by atoms with E-state index in [1.807, 2.05) is 25.1 Å². The number of carbonyl (C=O) groups excluding carboxylic acids is 1. The third-order valence-corrected chi connectivity index (χ3v) is 4.16. The molecular weight excluding hydrogens is 238 g/mol. The fraction of sp³-hybridized carbons (Fsp3) is 0.562. The minimum Gasteiger partial charge on any atom is -0.493 e. The molecule has 0 bridgehead atoms. The molecule has 3 unspecified atom stereocenters. The highest BCUT2D eigenvalue weighted by Crippen LogP contribution is 2.35. The Hall–Kier alpha value is -1.35. The third-order valence-electron chi connectivity index (χ3n) is 4.16. The Morgan fingerprint density at radius 3 is 2.95 bits per heavy atom. The van der Waals surface area contributed by atoms with Gasteiger partial charge in [0.15, 0.2) is 0 Å². The Morgan fingerprint density at radius 2 is 2.21 bits per heavy atom. The Kier molecular flexibility index (Phi) is 4.59. The van der Waals surface area contributed by atoms with Gasteiger partial charge in [0.25, 0.3) is 0 Å². The molecule has 0 saturated heterocycles. The number of hydrogen-bond donors (Lipinski definition) is 1. The first-order chi connectivity index (χ1) is 9.13. The van der Waals surface area contributed by atoms with Crippen molar-refractivity contribution >= 4 is 5.78 Å². The molecule has 0 aliphatic carbocycles. The predicted molar refractivity (Wildman–Crippen MR) is 76.3 cm³/mol. The summed E-state index contributed by atoms with van der Waals surface area (Å²) in [6, 6.07) is 7.66. The number of para-hydroxylation sites is 1. The zero-order valence-electron chi connectivity index (χ0n) is 11.8. The molecule has 3 nitrogen and oxygen atoms in total. The van der Waals surface area contributed by atoms with Crippen LogP contribution >= 0.6 is 0 Å². The van der Waals surface area contributed by atoms with E-state index < -0.39 is 0 Å². The van der Waals surface area contributed by atoms with E-state index in [0.717, 1.165) is 24.2 Å². The van der Waals surface area contributed by atoms with Crippen LogP contribution in [0.25, 0.3) is 0 Å². The van der Waals surface area contributed by atoms with Gasteiger partial charge in [0, 0.05) is 6.42 Å². The summed E-state index contributed by atoms with van der Waals surface area (Å²) in [5.41, 5.74) is 7.18. The van der Waals surface area contributed by atoms with E-state index >= 15 is 0 Å². The summed E-state index contributed by atoms with van der Waals surface area (Å²) >= 11 is 0. The normalized spacial score (nSPS) is 21.1. The molecule has 3 heteroatoms. The van der Waals surface area contributed by atoms with Crippen LogP contribution in [0.15, 0.2) is 24.3 Å². The molecule has 0 aromatic heterocycles. The van der Waals surface area contributed by atoms with Crippen molar-refractivity contribution in [2.75, 3.05) is 6.61 Å². The molecule has 3 atom stereocenters.